The van der Waals surface area contributed by atoms with Crippen molar-refractivity contribution in [3.05, 3.63) is 77.3 Å². The van der Waals surface area contributed by atoms with E-state index in [2.05, 4.69) is 12.1 Å². The molecule has 0 unspecified atom stereocenters. The van der Waals surface area contributed by atoms with E-state index in [1.54, 1.807) is 30.3 Å². The lowest BCUT2D eigenvalue weighted by molar-refractivity contribution is 0.271. The monoisotopic (exact) mass is 398 g/mol. The second kappa shape index (κ2) is 6.79. The Kier molecular flexibility index (Phi) is 4.59. The van der Waals surface area contributed by atoms with E-state index in [1.807, 2.05) is 30.3 Å². The fourth-order valence-corrected chi connectivity index (χ4v) is 5.96. The Labute approximate surface area is 164 Å². The van der Waals surface area contributed by atoms with Crippen molar-refractivity contribution in [2.24, 2.45) is 11.3 Å². The molecule has 1 fully saturated rings. The van der Waals surface area contributed by atoms with Crippen LogP contribution in [0.15, 0.2) is 71.6 Å². The number of halogens is 1. The van der Waals surface area contributed by atoms with Gasteiger partial charge in [-0.15, -0.1) is 0 Å². The van der Waals surface area contributed by atoms with Gasteiger partial charge in [-0.05, 0) is 36.2 Å². The zero-order valence-corrected chi connectivity index (χ0v) is 16.2. The van der Waals surface area contributed by atoms with Gasteiger partial charge < -0.3 is 0 Å². The summed E-state index contributed by atoms with van der Waals surface area (Å²) in [7, 11) is -3.63. The van der Waals surface area contributed by atoms with Crippen molar-refractivity contribution in [3.63, 3.8) is 0 Å². The van der Waals surface area contributed by atoms with E-state index in [9.17, 15) is 13.7 Å². The van der Waals surface area contributed by atoms with Gasteiger partial charge in [0.1, 0.15) is 0 Å². The Morgan fingerprint density at radius 2 is 1.81 bits per heavy atom. The molecule has 0 amide bonds. The molecule has 0 N–H and O–H groups in total. The molecule has 4 nitrogen and oxygen atoms in total. The predicted molar refractivity (Wildman–Crippen MR) is 105 cm³/mol. The third kappa shape index (κ3) is 2.98. The highest BCUT2D eigenvalue weighted by Crippen LogP contribution is 2.52. The summed E-state index contributed by atoms with van der Waals surface area (Å²) in [6.07, 6.45) is 4.79. The maximum Gasteiger partial charge on any atom is 0.243 e. The van der Waals surface area contributed by atoms with Crippen molar-refractivity contribution in [3.8, 4) is 6.07 Å². The van der Waals surface area contributed by atoms with Crippen LogP contribution in [0.4, 0.5) is 0 Å². The lowest BCUT2D eigenvalue weighted by atomic mass is 9.63. The first kappa shape index (κ1) is 18.2. The number of rotatable bonds is 3. The van der Waals surface area contributed by atoms with E-state index in [-0.39, 0.29) is 23.3 Å². The normalized spacial score (nSPS) is 27.9. The standard InChI is InChI=1S/C21H19ClN2O2S/c22-18-11-9-16(10-12-18)20-8-4-5-17-13-24(15-21(17,20)14-23)27(25,26)19-6-2-1-3-7-19/h1-7,9-12,17,20H,8,13,15H2/t17-,20-,21+/m1/s1. The molecule has 138 valence electrons. The number of fused-ring (bicyclic) bond motifs is 1. The first-order chi connectivity index (χ1) is 13.0. The van der Waals surface area contributed by atoms with Gasteiger partial charge in [0, 0.05) is 29.9 Å². The Bertz CT molecular complexity index is 1010. The summed E-state index contributed by atoms with van der Waals surface area (Å²) in [6, 6.07) is 18.5. The number of sulfonamides is 1. The van der Waals surface area contributed by atoms with Crippen molar-refractivity contribution in [1.82, 2.24) is 4.31 Å². The zero-order chi connectivity index (χ0) is 19.1. The van der Waals surface area contributed by atoms with Crippen molar-refractivity contribution in [2.75, 3.05) is 13.1 Å². The minimum absolute atomic E-state index is 0.0641. The van der Waals surface area contributed by atoms with Crippen LogP contribution in [-0.4, -0.2) is 25.8 Å². The first-order valence-electron chi connectivity index (χ1n) is 8.86. The van der Waals surface area contributed by atoms with Crippen LogP contribution in [0.1, 0.15) is 17.9 Å². The Morgan fingerprint density at radius 3 is 2.48 bits per heavy atom. The molecule has 0 aromatic heterocycles. The van der Waals surface area contributed by atoms with Gasteiger partial charge in [0.25, 0.3) is 0 Å². The highest BCUT2D eigenvalue weighted by atomic mass is 35.5. The molecule has 4 rings (SSSR count). The quantitative estimate of drug-likeness (QED) is 0.727. The molecular formula is C21H19ClN2O2S. The second-order valence-corrected chi connectivity index (χ2v) is 9.51. The van der Waals surface area contributed by atoms with Crippen LogP contribution in [0.2, 0.25) is 5.02 Å². The number of nitriles is 1. The molecular weight excluding hydrogens is 380 g/mol. The van der Waals surface area contributed by atoms with Crippen LogP contribution in [0.25, 0.3) is 0 Å². The maximum atomic E-state index is 13.1. The molecule has 0 spiro atoms. The molecule has 27 heavy (non-hydrogen) atoms. The van der Waals surface area contributed by atoms with Gasteiger partial charge in [0.15, 0.2) is 0 Å². The van der Waals surface area contributed by atoms with Gasteiger partial charge in [0.2, 0.25) is 10.0 Å². The molecule has 1 aliphatic carbocycles. The lowest BCUT2D eigenvalue weighted by Crippen LogP contribution is -2.38. The third-order valence-electron chi connectivity index (χ3n) is 5.72. The van der Waals surface area contributed by atoms with Gasteiger partial charge in [-0.2, -0.15) is 9.57 Å². The number of nitrogens with zero attached hydrogens (tertiary/aromatic N) is 2. The highest BCUT2D eigenvalue weighted by Gasteiger charge is 2.55. The van der Waals surface area contributed by atoms with Gasteiger partial charge in [0.05, 0.1) is 16.4 Å². The average molecular weight is 399 g/mol. The van der Waals surface area contributed by atoms with Crippen molar-refractivity contribution in [1.29, 1.82) is 5.26 Å². The number of hydrogen-bond donors (Lipinski definition) is 0. The van der Waals surface area contributed by atoms with E-state index >= 15 is 0 Å². The summed E-state index contributed by atoms with van der Waals surface area (Å²) in [5.74, 6) is -0.193. The Morgan fingerprint density at radius 1 is 1.11 bits per heavy atom. The van der Waals surface area contributed by atoms with Gasteiger partial charge in [-0.3, -0.25) is 0 Å². The summed E-state index contributed by atoms with van der Waals surface area (Å²) >= 11 is 6.01. The van der Waals surface area contributed by atoms with Crippen LogP contribution in [0.5, 0.6) is 0 Å². The molecule has 0 saturated carbocycles. The van der Waals surface area contributed by atoms with Crippen LogP contribution in [0.3, 0.4) is 0 Å². The molecule has 2 aromatic carbocycles. The predicted octanol–water partition coefficient (Wildman–Crippen LogP) is 4.21. The average Bonchev–Trinajstić information content (AvgIpc) is 3.10. The molecule has 1 heterocycles. The lowest BCUT2D eigenvalue weighted by Gasteiger charge is -2.37. The molecule has 2 aromatic rings. The Balaban J connectivity index is 1.73. The fraction of sp³-hybridized carbons (Fsp3) is 0.286. The third-order valence-corrected chi connectivity index (χ3v) is 7.80. The van der Waals surface area contributed by atoms with E-state index in [0.29, 0.717) is 18.0 Å². The smallest absolute Gasteiger partial charge is 0.207 e. The van der Waals surface area contributed by atoms with Crippen molar-refractivity contribution >= 4 is 21.6 Å². The van der Waals surface area contributed by atoms with Crippen molar-refractivity contribution in [2.45, 2.75) is 17.2 Å². The minimum Gasteiger partial charge on any atom is -0.207 e. The molecule has 2 aliphatic rings. The zero-order valence-electron chi connectivity index (χ0n) is 14.6. The Hall–Kier alpha value is -2.13. The summed E-state index contributed by atoms with van der Waals surface area (Å²) < 4.78 is 27.7. The molecule has 0 radical (unpaired) electrons. The second-order valence-electron chi connectivity index (χ2n) is 7.14. The SMILES string of the molecule is N#C[C@]12CN(S(=O)(=O)c3ccccc3)C[C@H]1C=CC[C@@H]2c1ccc(Cl)cc1. The number of allylic oxidation sites excluding steroid dienone is 1. The molecule has 6 heteroatoms. The largest absolute Gasteiger partial charge is 0.243 e. The van der Waals surface area contributed by atoms with Gasteiger partial charge >= 0.3 is 0 Å². The number of hydrogen-bond acceptors (Lipinski definition) is 3. The maximum absolute atomic E-state index is 13.1. The van der Waals surface area contributed by atoms with E-state index in [1.165, 1.54) is 4.31 Å². The van der Waals surface area contributed by atoms with Crippen LogP contribution in [-0.2, 0) is 10.0 Å². The van der Waals surface area contributed by atoms with Gasteiger partial charge in [-0.25, -0.2) is 8.42 Å². The van der Waals surface area contributed by atoms with Crippen molar-refractivity contribution < 1.29 is 8.42 Å². The summed E-state index contributed by atoms with van der Waals surface area (Å²) in [5, 5.41) is 10.8. The minimum atomic E-state index is -3.63. The van der Waals surface area contributed by atoms with Crippen LogP contribution >= 0.6 is 11.6 Å². The van der Waals surface area contributed by atoms with E-state index in [4.69, 9.17) is 11.6 Å². The highest BCUT2D eigenvalue weighted by molar-refractivity contribution is 7.89. The molecule has 1 saturated heterocycles. The fourth-order valence-electron chi connectivity index (χ4n) is 4.30. The number of benzene rings is 2. The molecule has 1 aliphatic heterocycles. The topological polar surface area (TPSA) is 61.2 Å². The summed E-state index contributed by atoms with van der Waals surface area (Å²) in [4.78, 5) is 0.267. The summed E-state index contributed by atoms with van der Waals surface area (Å²) in [5.41, 5.74) is 0.249. The summed E-state index contributed by atoms with van der Waals surface area (Å²) in [6.45, 7) is 0.522. The molecule has 0 bridgehead atoms. The van der Waals surface area contributed by atoms with Crippen LogP contribution < -0.4 is 0 Å². The van der Waals surface area contributed by atoms with Gasteiger partial charge in [-0.1, -0.05) is 54.1 Å². The molecule has 3 atom stereocenters. The van der Waals surface area contributed by atoms with Crippen LogP contribution in [0, 0.1) is 22.7 Å². The first-order valence-corrected chi connectivity index (χ1v) is 10.7. The van der Waals surface area contributed by atoms with E-state index < -0.39 is 15.4 Å². The van der Waals surface area contributed by atoms with E-state index in [0.717, 1.165) is 5.56 Å².